The molecule has 24 heavy (non-hydrogen) atoms. The zero-order valence-corrected chi connectivity index (χ0v) is 13.2. The van der Waals surface area contributed by atoms with Gasteiger partial charge in [-0.25, -0.2) is 13.2 Å². The zero-order chi connectivity index (χ0) is 17.7. The summed E-state index contributed by atoms with van der Waals surface area (Å²) >= 11 is 0. The summed E-state index contributed by atoms with van der Waals surface area (Å²) in [6, 6.07) is 10.3. The van der Waals surface area contributed by atoms with E-state index in [4.69, 9.17) is 0 Å². The summed E-state index contributed by atoms with van der Waals surface area (Å²) in [5, 5.41) is 0. The normalized spacial score (nSPS) is 11.2. The van der Waals surface area contributed by atoms with Gasteiger partial charge in [0, 0.05) is 5.69 Å². The van der Waals surface area contributed by atoms with E-state index in [0.717, 1.165) is 0 Å². The highest BCUT2D eigenvalue weighted by molar-refractivity contribution is 7.92. The number of methoxy groups -OCH3 is 1. The maximum Gasteiger partial charge on any atom is 0.387 e. The smallest absolute Gasteiger partial charge is 0.387 e. The van der Waals surface area contributed by atoms with Gasteiger partial charge >= 0.3 is 12.6 Å². The molecule has 0 fully saturated rings. The maximum atomic E-state index is 12.3. The molecule has 0 spiro atoms. The number of carbonyl (C=O) groups is 1. The van der Waals surface area contributed by atoms with Crippen molar-refractivity contribution in [3.63, 3.8) is 0 Å². The van der Waals surface area contributed by atoms with Gasteiger partial charge in [0.25, 0.3) is 10.0 Å². The SMILES string of the molecule is COC(=O)c1cccc(S(=O)(=O)Nc2ccc(OC(F)F)cc2)c1. The molecule has 0 saturated carbocycles. The quantitative estimate of drug-likeness (QED) is 0.804. The van der Waals surface area contributed by atoms with Gasteiger partial charge in [-0.2, -0.15) is 8.78 Å². The molecule has 0 aliphatic carbocycles. The summed E-state index contributed by atoms with van der Waals surface area (Å²) < 4.78 is 59.8. The third-order valence-corrected chi connectivity index (χ3v) is 4.28. The summed E-state index contributed by atoms with van der Waals surface area (Å²) in [5.74, 6) is -0.763. The number of sulfonamides is 1. The van der Waals surface area contributed by atoms with Gasteiger partial charge in [0.2, 0.25) is 0 Å². The lowest BCUT2D eigenvalue weighted by molar-refractivity contribution is -0.0498. The Morgan fingerprint density at radius 2 is 1.79 bits per heavy atom. The number of esters is 1. The number of alkyl halides is 2. The van der Waals surface area contributed by atoms with Gasteiger partial charge in [0.05, 0.1) is 17.6 Å². The molecule has 0 radical (unpaired) electrons. The summed E-state index contributed by atoms with van der Waals surface area (Å²) in [6.45, 7) is -2.96. The van der Waals surface area contributed by atoms with E-state index < -0.39 is 22.6 Å². The highest BCUT2D eigenvalue weighted by Gasteiger charge is 2.17. The second-order valence-electron chi connectivity index (χ2n) is 4.53. The second kappa shape index (κ2) is 7.26. The van der Waals surface area contributed by atoms with Crippen molar-refractivity contribution in [1.82, 2.24) is 0 Å². The van der Waals surface area contributed by atoms with Crippen LogP contribution in [0.3, 0.4) is 0 Å². The molecule has 0 bridgehead atoms. The van der Waals surface area contributed by atoms with Crippen LogP contribution in [0.1, 0.15) is 10.4 Å². The Morgan fingerprint density at radius 3 is 2.38 bits per heavy atom. The van der Waals surface area contributed by atoms with Crippen molar-refractivity contribution in [3.05, 3.63) is 54.1 Å². The molecule has 0 saturated heterocycles. The lowest BCUT2D eigenvalue weighted by Crippen LogP contribution is -2.14. The molecule has 2 rings (SSSR count). The molecule has 0 atom stereocenters. The van der Waals surface area contributed by atoms with E-state index in [0.29, 0.717) is 0 Å². The van der Waals surface area contributed by atoms with Crippen molar-refractivity contribution in [3.8, 4) is 5.75 Å². The third-order valence-electron chi connectivity index (χ3n) is 2.90. The summed E-state index contributed by atoms with van der Waals surface area (Å²) in [6.07, 6.45) is 0. The second-order valence-corrected chi connectivity index (χ2v) is 6.21. The highest BCUT2D eigenvalue weighted by Crippen LogP contribution is 2.21. The molecule has 9 heteroatoms. The molecule has 2 aromatic carbocycles. The van der Waals surface area contributed by atoms with Crippen LogP contribution in [0.25, 0.3) is 0 Å². The Morgan fingerprint density at radius 1 is 1.12 bits per heavy atom. The van der Waals surface area contributed by atoms with E-state index in [9.17, 15) is 22.0 Å². The molecule has 6 nitrogen and oxygen atoms in total. The van der Waals surface area contributed by atoms with Crippen LogP contribution in [0.2, 0.25) is 0 Å². The zero-order valence-electron chi connectivity index (χ0n) is 12.4. The van der Waals surface area contributed by atoms with Crippen LogP contribution in [0.5, 0.6) is 5.75 Å². The largest absolute Gasteiger partial charge is 0.465 e. The first-order valence-corrected chi connectivity index (χ1v) is 8.06. The van der Waals surface area contributed by atoms with Crippen molar-refractivity contribution in [2.75, 3.05) is 11.8 Å². The number of benzene rings is 2. The number of hydrogen-bond acceptors (Lipinski definition) is 5. The van der Waals surface area contributed by atoms with E-state index in [1.165, 1.54) is 55.6 Å². The number of rotatable bonds is 6. The molecule has 0 aliphatic rings. The van der Waals surface area contributed by atoms with Gasteiger partial charge in [-0.3, -0.25) is 4.72 Å². The standard InChI is InChI=1S/C15H13F2NO5S/c1-22-14(19)10-3-2-4-13(9-10)24(20,21)18-11-5-7-12(8-6-11)23-15(16)17/h2-9,15,18H,1H3. The van der Waals surface area contributed by atoms with Crippen molar-refractivity contribution in [2.45, 2.75) is 11.5 Å². The summed E-state index contributed by atoms with van der Waals surface area (Å²) in [4.78, 5) is 11.3. The van der Waals surface area contributed by atoms with Crippen LogP contribution >= 0.6 is 0 Å². The predicted octanol–water partition coefficient (Wildman–Crippen LogP) is 2.88. The maximum absolute atomic E-state index is 12.3. The first-order valence-electron chi connectivity index (χ1n) is 6.58. The van der Waals surface area contributed by atoms with E-state index in [-0.39, 0.29) is 21.9 Å². The Balaban J connectivity index is 2.20. The molecule has 128 valence electrons. The number of carbonyl (C=O) groups excluding carboxylic acids is 1. The Hall–Kier alpha value is -2.68. The van der Waals surface area contributed by atoms with Crippen LogP contribution in [-0.4, -0.2) is 28.1 Å². The minimum atomic E-state index is -3.96. The fourth-order valence-corrected chi connectivity index (χ4v) is 2.93. The van der Waals surface area contributed by atoms with Gasteiger partial charge < -0.3 is 9.47 Å². The number of hydrogen-bond donors (Lipinski definition) is 1. The summed E-state index contributed by atoms with van der Waals surface area (Å²) in [5.41, 5.74) is 0.237. The van der Waals surface area contributed by atoms with Gasteiger partial charge in [-0.05, 0) is 42.5 Å². The molecule has 0 heterocycles. The molecular weight excluding hydrogens is 344 g/mol. The van der Waals surface area contributed by atoms with E-state index in [1.807, 2.05) is 0 Å². The van der Waals surface area contributed by atoms with Crippen LogP contribution in [0.4, 0.5) is 14.5 Å². The van der Waals surface area contributed by atoms with E-state index in [1.54, 1.807) is 0 Å². The van der Waals surface area contributed by atoms with Crippen LogP contribution in [0, 0.1) is 0 Å². The minimum absolute atomic E-state index is 0.0843. The van der Waals surface area contributed by atoms with Crippen molar-refractivity contribution < 1.29 is 31.5 Å². The topological polar surface area (TPSA) is 81.7 Å². The highest BCUT2D eigenvalue weighted by atomic mass is 32.2. The number of anilines is 1. The molecule has 0 aliphatic heterocycles. The molecule has 0 aromatic heterocycles. The Bertz CT molecular complexity index is 822. The van der Waals surface area contributed by atoms with Crippen LogP contribution in [0.15, 0.2) is 53.4 Å². The van der Waals surface area contributed by atoms with E-state index in [2.05, 4.69) is 14.2 Å². The Kier molecular flexibility index (Phi) is 5.35. The molecular formula is C15H13F2NO5S. The van der Waals surface area contributed by atoms with Gasteiger partial charge in [0.1, 0.15) is 5.75 Å². The average molecular weight is 357 g/mol. The predicted molar refractivity (Wildman–Crippen MR) is 81.7 cm³/mol. The fraction of sp³-hybridized carbons (Fsp3) is 0.133. The summed E-state index contributed by atoms with van der Waals surface area (Å²) in [7, 11) is -2.77. The van der Waals surface area contributed by atoms with Crippen molar-refractivity contribution in [2.24, 2.45) is 0 Å². The third kappa shape index (κ3) is 4.42. The van der Waals surface area contributed by atoms with Crippen LogP contribution < -0.4 is 9.46 Å². The Labute approximate surface area is 137 Å². The van der Waals surface area contributed by atoms with Gasteiger partial charge in [-0.15, -0.1) is 0 Å². The first-order chi connectivity index (χ1) is 11.3. The fourth-order valence-electron chi connectivity index (χ4n) is 1.83. The minimum Gasteiger partial charge on any atom is -0.465 e. The molecule has 0 amide bonds. The molecule has 2 aromatic rings. The number of halogens is 2. The van der Waals surface area contributed by atoms with Crippen LogP contribution in [-0.2, 0) is 14.8 Å². The lowest BCUT2D eigenvalue weighted by Gasteiger charge is -2.10. The first kappa shape index (κ1) is 17.7. The monoisotopic (exact) mass is 357 g/mol. The molecule has 1 N–H and O–H groups in total. The van der Waals surface area contributed by atoms with Gasteiger partial charge in [-0.1, -0.05) is 6.07 Å². The van der Waals surface area contributed by atoms with Crippen molar-refractivity contribution >= 4 is 21.7 Å². The van der Waals surface area contributed by atoms with Crippen molar-refractivity contribution in [1.29, 1.82) is 0 Å². The lowest BCUT2D eigenvalue weighted by atomic mass is 10.2. The number of nitrogens with one attached hydrogen (secondary N) is 1. The molecule has 0 unspecified atom stereocenters. The number of ether oxygens (including phenoxy) is 2. The van der Waals surface area contributed by atoms with E-state index >= 15 is 0 Å². The average Bonchev–Trinajstić information content (AvgIpc) is 2.55. The van der Waals surface area contributed by atoms with Gasteiger partial charge in [0.15, 0.2) is 0 Å².